The Bertz CT molecular complexity index is 1580. The second-order valence-electron chi connectivity index (χ2n) is 15.3. The molecule has 2 N–H and O–H groups in total. The summed E-state index contributed by atoms with van der Waals surface area (Å²) in [7, 11) is -1.45. The van der Waals surface area contributed by atoms with Gasteiger partial charge < -0.3 is 10.1 Å². The Kier molecular flexibility index (Phi) is 16.4. The molecule has 0 saturated carbocycles. The highest BCUT2D eigenvalue weighted by Gasteiger charge is 2.73. The number of ketones is 1. The molecule has 0 spiro atoms. The van der Waals surface area contributed by atoms with Crippen molar-refractivity contribution in [3.8, 4) is 0 Å². The third-order valence-electron chi connectivity index (χ3n) is 10.2. The molecule has 0 fully saturated rings. The molecule has 288 valence electrons. The van der Waals surface area contributed by atoms with Gasteiger partial charge in [-0.15, -0.1) is 4.48 Å². The number of amides is 3. The van der Waals surface area contributed by atoms with E-state index in [0.29, 0.717) is 6.54 Å². The van der Waals surface area contributed by atoms with E-state index in [1.807, 2.05) is 0 Å². The molecule has 11 heteroatoms. The third kappa shape index (κ3) is 10.2. The minimum absolute atomic E-state index is 0.0186. The zero-order valence-electron chi connectivity index (χ0n) is 32.4. The molecule has 1 unspecified atom stereocenters. The molecule has 0 aliphatic carbocycles. The fraction of sp³-hybridized carbons (Fsp3) is 0.610. The highest BCUT2D eigenvalue weighted by atomic mass is 32.2. The molecule has 10 nitrogen and oxygen atoms in total. The number of anilines is 1. The fourth-order valence-corrected chi connectivity index (χ4v) is 8.07. The van der Waals surface area contributed by atoms with Crippen LogP contribution in [-0.2, 0) is 24.3 Å². The van der Waals surface area contributed by atoms with Crippen molar-refractivity contribution in [2.45, 2.75) is 141 Å². The molecule has 1 atom stereocenters. The van der Waals surface area contributed by atoms with E-state index in [4.69, 9.17) is 4.74 Å². The number of sulfonamides is 1. The summed E-state index contributed by atoms with van der Waals surface area (Å²) in [6.07, 6.45) is 19.9. The maximum absolute atomic E-state index is 14.1. The van der Waals surface area contributed by atoms with Crippen molar-refractivity contribution in [3.63, 3.8) is 0 Å². The Labute approximate surface area is 312 Å². The monoisotopic (exact) mass is 740 g/mol. The summed E-state index contributed by atoms with van der Waals surface area (Å²) in [5, 5.41) is 2.62. The molecule has 0 bridgehead atoms. The van der Waals surface area contributed by atoms with Crippen LogP contribution in [-0.4, -0.2) is 62.8 Å². The molecule has 1 heterocycles. The number of imide groups is 1. The van der Waals surface area contributed by atoms with Gasteiger partial charge in [0.1, 0.15) is 0 Å². The first-order valence-corrected chi connectivity index (χ1v) is 20.7. The first kappa shape index (κ1) is 43.2. The molecule has 3 rings (SSSR count). The van der Waals surface area contributed by atoms with Crippen LogP contribution in [0.25, 0.3) is 0 Å². The minimum atomic E-state index is -3.79. The van der Waals surface area contributed by atoms with E-state index >= 15 is 0 Å². The first-order valence-electron chi connectivity index (χ1n) is 19.2. The van der Waals surface area contributed by atoms with Gasteiger partial charge in [0.25, 0.3) is 0 Å². The maximum atomic E-state index is 14.1. The van der Waals surface area contributed by atoms with Gasteiger partial charge in [0.15, 0.2) is 0 Å². The van der Waals surface area contributed by atoms with Gasteiger partial charge in [-0.25, -0.2) is 22.7 Å². The van der Waals surface area contributed by atoms with E-state index in [-0.39, 0.29) is 21.7 Å². The topological polar surface area (TPSA) is 136 Å². The molecule has 2 aromatic rings. The third-order valence-corrected chi connectivity index (χ3v) is 11.6. The molecule has 52 heavy (non-hydrogen) atoms. The lowest BCUT2D eigenvalue weighted by atomic mass is 9.81. The van der Waals surface area contributed by atoms with E-state index in [0.717, 1.165) is 32.8 Å². The van der Waals surface area contributed by atoms with E-state index < -0.39 is 49.2 Å². The number of fused-ring (bicyclic) bond motifs is 1. The second-order valence-corrected chi connectivity index (χ2v) is 17.0. The van der Waals surface area contributed by atoms with Crippen LogP contribution >= 0.6 is 0 Å². The van der Waals surface area contributed by atoms with Crippen LogP contribution in [0.3, 0.4) is 0 Å². The number of quaternary nitrogens is 1. The van der Waals surface area contributed by atoms with Gasteiger partial charge in [-0.1, -0.05) is 136 Å². The van der Waals surface area contributed by atoms with Crippen LogP contribution in [0.4, 0.5) is 5.69 Å². The van der Waals surface area contributed by atoms with Crippen LogP contribution in [0.1, 0.15) is 151 Å². The van der Waals surface area contributed by atoms with E-state index in [2.05, 4.69) is 17.0 Å². The molecule has 1 aliphatic heterocycles. The molecule has 0 aromatic heterocycles. The number of hydrogen-bond acceptors (Lipinski definition) is 7. The molecule has 3 amide bonds. The second kappa shape index (κ2) is 19.7. The van der Waals surface area contributed by atoms with Gasteiger partial charge in [-0.05, 0) is 42.8 Å². The van der Waals surface area contributed by atoms with Crippen molar-refractivity contribution in [2.75, 3.05) is 26.0 Å². The number of hydrogen-bond donors (Lipinski definition) is 2. The van der Waals surface area contributed by atoms with Crippen molar-refractivity contribution in [2.24, 2.45) is 5.41 Å². The summed E-state index contributed by atoms with van der Waals surface area (Å²) in [6.45, 7) is 7.31. The van der Waals surface area contributed by atoms with Crippen LogP contribution < -0.4 is 10.0 Å². The molecule has 0 radical (unpaired) electrons. The minimum Gasteiger partial charge on any atom is -0.318 e. The molecule has 2 aromatic carbocycles. The average molecular weight is 741 g/mol. The van der Waals surface area contributed by atoms with Gasteiger partial charge in [0.2, 0.25) is 15.8 Å². The van der Waals surface area contributed by atoms with E-state index in [1.165, 1.54) is 120 Å². The van der Waals surface area contributed by atoms with Gasteiger partial charge in [-0.3, -0.25) is 9.59 Å². The Morgan fingerprint density at radius 2 is 1.12 bits per heavy atom. The highest BCUT2D eigenvalue weighted by molar-refractivity contribution is 7.89. The quantitative estimate of drug-likeness (QED) is 0.0477. The van der Waals surface area contributed by atoms with Crippen LogP contribution in [0.2, 0.25) is 0 Å². The largest absolute Gasteiger partial charge is 0.359 e. The zero-order valence-corrected chi connectivity index (χ0v) is 33.2. The Morgan fingerprint density at radius 1 is 0.692 bits per heavy atom. The number of likely N-dealkylation sites (N-methyl/N-ethyl adjacent to an activating group) is 1. The number of methoxy groups -OCH3 is 1. The summed E-state index contributed by atoms with van der Waals surface area (Å²) >= 11 is 0. The number of Topliss-reactive ketones (excluding diaryl/α,β-unsaturated/α-hetero) is 1. The van der Waals surface area contributed by atoms with Crippen molar-refractivity contribution >= 4 is 39.2 Å². The number of unbranched alkanes of at least 4 members (excludes halogenated alkanes) is 15. The predicted molar refractivity (Wildman–Crippen MR) is 205 cm³/mol. The Morgan fingerprint density at radius 3 is 1.52 bits per heavy atom. The smallest absolute Gasteiger partial charge is 0.318 e. The summed E-state index contributed by atoms with van der Waals surface area (Å²) < 4.78 is 33.0. The number of carbonyl (C=O) groups is 4. The number of carbonyl (C=O) groups excluding carboxylic acids is 4. The average Bonchev–Trinajstić information content (AvgIpc) is 3.31. The summed E-state index contributed by atoms with van der Waals surface area (Å²) in [5.41, 5.74) is -3.43. The van der Waals surface area contributed by atoms with Crippen LogP contribution in [0, 0.1) is 5.41 Å². The lowest BCUT2D eigenvalue weighted by Gasteiger charge is -2.42. The molecule has 0 saturated heterocycles. The Balaban J connectivity index is 1.50. The molecular formula is C41H62N3O7S+. The number of rotatable bonds is 24. The standard InChI is InChI=1S/C41H61N3O7S/c1-7-8-9-10-11-12-13-14-15-16-17-18-19-20-21-24-31-42-52(49,50)33-29-27-32(28-30-33)43-39(48)41(51-6,38(47)40(2,3)4)44(5)36(45)34-25-22-23-26-35(34)37(44)46/h22-23,25-30,42H,7-21,24,31H2,1-6H3/p+1. The van der Waals surface area contributed by atoms with Gasteiger partial charge in [0, 0.05) is 24.8 Å². The lowest BCUT2D eigenvalue weighted by Crippen LogP contribution is -2.76. The van der Waals surface area contributed by atoms with Crippen LogP contribution in [0.5, 0.6) is 0 Å². The van der Waals surface area contributed by atoms with Crippen LogP contribution in [0.15, 0.2) is 53.4 Å². The number of nitrogens with zero attached hydrogens (tertiary/aromatic N) is 1. The van der Waals surface area contributed by atoms with Crippen molar-refractivity contribution in [3.05, 3.63) is 59.7 Å². The molecular weight excluding hydrogens is 679 g/mol. The SMILES string of the molecule is CCCCCCCCCCCCCCCCCCNS(=O)(=O)c1ccc(NC(=O)C(OC)(C(=O)C(C)(C)C)[N+]2(C)C(=O)c3ccccc3C2=O)cc1. The number of ether oxygens (including phenoxy) is 1. The summed E-state index contributed by atoms with van der Waals surface area (Å²) in [5.74, 6) is -3.28. The number of nitrogens with one attached hydrogen (secondary N) is 2. The van der Waals surface area contributed by atoms with E-state index in [9.17, 15) is 27.6 Å². The lowest BCUT2D eigenvalue weighted by molar-refractivity contribution is -0.808. The zero-order chi connectivity index (χ0) is 38.4. The van der Waals surface area contributed by atoms with E-state index in [1.54, 1.807) is 32.9 Å². The maximum Gasteiger partial charge on any atom is 0.359 e. The van der Waals surface area contributed by atoms with Crippen molar-refractivity contribution < 1.29 is 36.8 Å². The normalized spacial score (nSPS) is 15.3. The predicted octanol–water partition coefficient (Wildman–Crippen LogP) is 8.56. The fourth-order valence-electron chi connectivity index (χ4n) is 7.00. The first-order chi connectivity index (χ1) is 24.7. The van der Waals surface area contributed by atoms with Gasteiger partial charge in [0.05, 0.1) is 23.1 Å². The Hall–Kier alpha value is -3.25. The summed E-state index contributed by atoms with van der Waals surface area (Å²) in [6, 6.07) is 11.7. The van der Waals surface area contributed by atoms with Crippen molar-refractivity contribution in [1.29, 1.82) is 0 Å². The summed E-state index contributed by atoms with van der Waals surface area (Å²) in [4.78, 5) is 55.8. The highest BCUT2D eigenvalue weighted by Crippen LogP contribution is 2.41. The molecule has 1 aliphatic rings. The number of benzene rings is 2. The van der Waals surface area contributed by atoms with Crippen molar-refractivity contribution in [1.82, 2.24) is 4.72 Å². The van der Waals surface area contributed by atoms with Gasteiger partial charge >= 0.3 is 23.4 Å². The van der Waals surface area contributed by atoms with Gasteiger partial charge in [-0.2, -0.15) is 0 Å².